The van der Waals surface area contributed by atoms with Crippen LogP contribution in [0.2, 0.25) is 0 Å². The Morgan fingerprint density at radius 2 is 0.736 bits per heavy atom. The van der Waals surface area contributed by atoms with Gasteiger partial charge in [0.25, 0.3) is 5.91 Å². The van der Waals surface area contributed by atoms with Gasteiger partial charge < -0.3 is 76.9 Å². The van der Waals surface area contributed by atoms with Crippen LogP contribution in [0.25, 0.3) is 0 Å². The van der Waals surface area contributed by atoms with Crippen molar-refractivity contribution in [3.05, 3.63) is 52.6 Å². The minimum absolute atomic E-state index is 0.103. The lowest BCUT2D eigenvalue weighted by atomic mass is 10.1. The molecule has 0 aliphatic carbocycles. The molecule has 0 saturated heterocycles. The summed E-state index contributed by atoms with van der Waals surface area (Å²) in [7, 11) is 11.7. The predicted octanol–water partition coefficient (Wildman–Crippen LogP) is 4.12. The molecule has 0 aliphatic rings. The van der Waals surface area contributed by atoms with E-state index < -0.39 is 0 Å². The summed E-state index contributed by atoms with van der Waals surface area (Å²) in [6.07, 6.45) is 3.27. The number of esters is 3. The second-order valence-corrected chi connectivity index (χ2v) is 17.6. The Labute approximate surface area is 428 Å². The monoisotopic (exact) mass is 1020 g/mol. The summed E-state index contributed by atoms with van der Waals surface area (Å²) in [5.74, 6) is -0.336. The number of amides is 1. The second-order valence-electron chi connectivity index (χ2n) is 17.6. The zero-order chi connectivity index (χ0) is 52.6. The molecule has 0 atom stereocenters. The topological polar surface area (TPSA) is 201 Å². The van der Waals surface area contributed by atoms with Gasteiger partial charge in [-0.1, -0.05) is 29.3 Å². The van der Waals surface area contributed by atoms with Gasteiger partial charge in [-0.15, -0.1) is 0 Å². The summed E-state index contributed by atoms with van der Waals surface area (Å²) < 4.78 is 68.3. The number of rotatable bonds is 45. The number of benzene rings is 2. The molecule has 1 amide bonds. The third-order valence-electron chi connectivity index (χ3n) is 10.0. The summed E-state index contributed by atoms with van der Waals surface area (Å²) in [4.78, 5) is 55.5. The first kappa shape index (κ1) is 63.5. The highest BCUT2D eigenvalue weighted by atomic mass is 16.6. The highest BCUT2D eigenvalue weighted by Crippen LogP contribution is 2.39. The molecule has 0 spiro atoms. The summed E-state index contributed by atoms with van der Waals surface area (Å²) in [6.45, 7) is 10.6. The lowest BCUT2D eigenvalue weighted by molar-refractivity contribution is -0.146. The average molecular weight is 1020 g/mol. The molecule has 0 aliphatic heterocycles. The molecule has 0 saturated carbocycles. The fourth-order valence-corrected chi connectivity index (χ4v) is 6.59. The Morgan fingerprint density at radius 3 is 1.08 bits per heavy atom. The van der Waals surface area contributed by atoms with Crippen molar-refractivity contribution in [2.24, 2.45) is 0 Å². The van der Waals surface area contributed by atoms with Crippen molar-refractivity contribution in [2.75, 3.05) is 181 Å². The lowest BCUT2D eigenvalue weighted by Crippen LogP contribution is -2.23. The van der Waals surface area contributed by atoms with Gasteiger partial charge >= 0.3 is 17.9 Å². The molecule has 20 heteroatoms. The number of ether oxygens (including phenoxy) is 12. The van der Waals surface area contributed by atoms with Gasteiger partial charge in [-0.25, -0.2) is 0 Å². The summed E-state index contributed by atoms with van der Waals surface area (Å²) in [6, 6.07) is 9.32. The van der Waals surface area contributed by atoms with E-state index >= 15 is 0 Å². The molecule has 72 heavy (non-hydrogen) atoms. The molecule has 0 aromatic heterocycles. The molecule has 1 N–H and O–H groups in total. The molecule has 2 aromatic rings. The van der Waals surface area contributed by atoms with Crippen molar-refractivity contribution in [1.29, 1.82) is 0 Å². The maximum absolute atomic E-state index is 13.7. The smallest absolute Gasteiger partial charge is 0.305 e. The van der Waals surface area contributed by atoms with Crippen molar-refractivity contribution in [3.8, 4) is 17.2 Å². The molecule has 410 valence electrons. The van der Waals surface area contributed by atoms with E-state index in [-0.39, 0.29) is 159 Å². The Morgan fingerprint density at radius 1 is 0.417 bits per heavy atom. The van der Waals surface area contributed by atoms with Gasteiger partial charge in [0, 0.05) is 31.4 Å². The van der Waals surface area contributed by atoms with Crippen LogP contribution < -0.4 is 19.5 Å². The lowest BCUT2D eigenvalue weighted by Gasteiger charge is -2.19. The third kappa shape index (κ3) is 33.9. The fraction of sp³-hybridized carbons (Fsp3) is 0.692. The molecule has 0 radical (unpaired) electrons. The summed E-state index contributed by atoms with van der Waals surface area (Å²) in [5, 5.41) is 3.01. The first-order chi connectivity index (χ1) is 34.7. The van der Waals surface area contributed by atoms with Gasteiger partial charge in [0.2, 0.25) is 5.75 Å². The van der Waals surface area contributed by atoms with Gasteiger partial charge in [-0.05, 0) is 113 Å². The maximum atomic E-state index is 13.7. The maximum Gasteiger partial charge on any atom is 0.305 e. The minimum atomic E-state index is -0.349. The largest absolute Gasteiger partial charge is 0.487 e. The van der Waals surface area contributed by atoms with Crippen LogP contribution in [0.4, 0.5) is 0 Å². The van der Waals surface area contributed by atoms with Crippen LogP contribution in [0, 0.1) is 13.8 Å². The van der Waals surface area contributed by atoms with Crippen LogP contribution in [-0.4, -0.2) is 219 Å². The third-order valence-corrected chi connectivity index (χ3v) is 10.0. The summed E-state index contributed by atoms with van der Waals surface area (Å²) >= 11 is 0. The summed E-state index contributed by atoms with van der Waals surface area (Å²) in [5.41, 5.74) is 3.43. The van der Waals surface area contributed by atoms with E-state index in [9.17, 15) is 19.2 Å². The van der Waals surface area contributed by atoms with E-state index in [0.717, 1.165) is 55.6 Å². The molecule has 2 aromatic carbocycles. The first-order valence-electron chi connectivity index (χ1n) is 25.0. The van der Waals surface area contributed by atoms with Crippen molar-refractivity contribution in [1.82, 2.24) is 20.0 Å². The number of nitrogens with one attached hydrogen (secondary N) is 1. The van der Waals surface area contributed by atoms with Gasteiger partial charge in [0.15, 0.2) is 11.5 Å². The highest BCUT2D eigenvalue weighted by molar-refractivity contribution is 5.95. The van der Waals surface area contributed by atoms with Crippen LogP contribution in [0.5, 0.6) is 17.2 Å². The Balaban J connectivity index is 2.03. The Kier molecular flexibility index (Phi) is 36.0. The highest BCUT2D eigenvalue weighted by Gasteiger charge is 2.20. The zero-order valence-electron chi connectivity index (χ0n) is 44.6. The van der Waals surface area contributed by atoms with Crippen molar-refractivity contribution < 1.29 is 76.0 Å². The van der Waals surface area contributed by atoms with Gasteiger partial charge in [-0.3, -0.25) is 19.2 Å². The van der Waals surface area contributed by atoms with E-state index in [2.05, 4.69) is 11.4 Å². The van der Waals surface area contributed by atoms with Gasteiger partial charge in [0.05, 0.1) is 79.3 Å². The van der Waals surface area contributed by atoms with Gasteiger partial charge in [0.1, 0.15) is 39.6 Å². The van der Waals surface area contributed by atoms with Crippen LogP contribution in [0.3, 0.4) is 0 Å². The van der Waals surface area contributed by atoms with Crippen LogP contribution in [0.1, 0.15) is 65.6 Å². The van der Waals surface area contributed by atoms with Crippen molar-refractivity contribution >= 4 is 23.8 Å². The van der Waals surface area contributed by atoms with E-state index in [0.29, 0.717) is 32.4 Å². The number of aryl methyl sites for hydroxylation is 2. The molecular weight excluding hydrogens is 937 g/mol. The SMILES string of the molecule is Cc1cc(C)cc(CNC(=O)c2cc(OCCOCCOCCOC(=O)CCCN(C)C)c(OCCOCCOCCOC(=O)CCCN(C)C)c(OCCOCCOCCOC(=O)CCCN(C)C)c2)c1. The Bertz CT molecular complexity index is 1700. The van der Waals surface area contributed by atoms with Crippen LogP contribution in [-0.2, 0) is 63.6 Å². The molecule has 0 unspecified atom stereocenters. The van der Waals surface area contributed by atoms with E-state index in [1.54, 1.807) is 12.1 Å². The Hall–Kier alpha value is -4.64. The fourth-order valence-electron chi connectivity index (χ4n) is 6.59. The second kappa shape index (κ2) is 40.8. The molecule has 0 bridgehead atoms. The average Bonchev–Trinajstić information content (AvgIpc) is 3.32. The van der Waals surface area contributed by atoms with Crippen molar-refractivity contribution in [2.45, 2.75) is 58.9 Å². The normalized spacial score (nSPS) is 11.3. The van der Waals surface area contributed by atoms with Crippen LogP contribution >= 0.6 is 0 Å². The standard InChI is InChI=1S/C52H86N4O16/c1-42-36-43(2)38-44(37-42)41-53-52(60)45-39-46(67-30-24-61-18-20-63-26-32-69-48(57)12-9-15-54(3)4)51(72-35-29-66-23-22-65-28-34-71-50(59)14-11-17-56(7)8)47(40-45)68-31-25-62-19-21-64-27-33-70-49(58)13-10-16-55(5)6/h36-40H,9-35,41H2,1-8H3,(H,53,60). The minimum Gasteiger partial charge on any atom is -0.487 e. The zero-order valence-corrected chi connectivity index (χ0v) is 44.6. The van der Waals surface area contributed by atoms with Crippen molar-refractivity contribution in [3.63, 3.8) is 0 Å². The van der Waals surface area contributed by atoms with Crippen LogP contribution in [0.15, 0.2) is 30.3 Å². The van der Waals surface area contributed by atoms with E-state index in [1.807, 2.05) is 83.0 Å². The molecular formula is C52H86N4O16. The number of carbonyl (C=O) groups is 4. The number of nitrogens with zero attached hydrogens (tertiary/aromatic N) is 3. The quantitative estimate of drug-likeness (QED) is 0.0564. The molecule has 0 heterocycles. The molecule has 2 rings (SSSR count). The number of carbonyl (C=O) groups excluding carboxylic acids is 4. The number of hydrogen-bond acceptors (Lipinski definition) is 19. The van der Waals surface area contributed by atoms with E-state index in [1.165, 1.54) is 0 Å². The predicted molar refractivity (Wildman–Crippen MR) is 271 cm³/mol. The molecule has 20 nitrogen and oxygen atoms in total. The number of hydrogen-bond donors (Lipinski definition) is 1. The molecule has 0 fully saturated rings. The van der Waals surface area contributed by atoms with Gasteiger partial charge in [-0.2, -0.15) is 0 Å². The van der Waals surface area contributed by atoms with E-state index in [4.69, 9.17) is 56.8 Å². The first-order valence-corrected chi connectivity index (χ1v) is 25.0.